The Morgan fingerprint density at radius 3 is 2.67 bits per heavy atom. The SMILES string of the molecule is O=C(NCc1ccc2[nH]c(=O)[nH]c2c1)c1ccccc1Cl. The van der Waals surface area contributed by atoms with Gasteiger partial charge >= 0.3 is 5.69 Å². The predicted octanol–water partition coefficient (Wildman–Crippen LogP) is 2.44. The minimum atomic E-state index is -0.248. The van der Waals surface area contributed by atoms with Gasteiger partial charge in [-0.25, -0.2) is 4.79 Å². The molecule has 1 amide bonds. The smallest absolute Gasteiger partial charge is 0.323 e. The van der Waals surface area contributed by atoms with E-state index in [1.807, 2.05) is 12.1 Å². The number of aromatic amines is 2. The van der Waals surface area contributed by atoms with E-state index in [1.54, 1.807) is 30.3 Å². The van der Waals surface area contributed by atoms with Gasteiger partial charge in [-0.2, -0.15) is 0 Å². The normalized spacial score (nSPS) is 10.7. The van der Waals surface area contributed by atoms with Gasteiger partial charge in [0.15, 0.2) is 0 Å². The number of H-pyrrole nitrogens is 2. The van der Waals surface area contributed by atoms with Gasteiger partial charge in [0.05, 0.1) is 21.6 Å². The van der Waals surface area contributed by atoms with Crippen LogP contribution >= 0.6 is 11.6 Å². The lowest BCUT2D eigenvalue weighted by molar-refractivity contribution is 0.0951. The average Bonchev–Trinajstić information content (AvgIpc) is 2.84. The van der Waals surface area contributed by atoms with Gasteiger partial charge in [0.2, 0.25) is 0 Å². The van der Waals surface area contributed by atoms with Crippen molar-refractivity contribution >= 4 is 28.5 Å². The van der Waals surface area contributed by atoms with Crippen molar-refractivity contribution in [3.05, 3.63) is 69.1 Å². The molecule has 1 heterocycles. The molecule has 21 heavy (non-hydrogen) atoms. The van der Waals surface area contributed by atoms with Gasteiger partial charge in [-0.1, -0.05) is 29.8 Å². The van der Waals surface area contributed by atoms with Crippen molar-refractivity contribution in [3.63, 3.8) is 0 Å². The molecule has 3 rings (SSSR count). The summed E-state index contributed by atoms with van der Waals surface area (Å²) >= 11 is 5.98. The molecule has 3 N–H and O–H groups in total. The van der Waals surface area contributed by atoms with E-state index in [2.05, 4.69) is 15.3 Å². The Balaban J connectivity index is 1.75. The molecule has 2 aromatic carbocycles. The molecule has 0 fully saturated rings. The Bertz CT molecular complexity index is 866. The van der Waals surface area contributed by atoms with E-state index in [-0.39, 0.29) is 11.6 Å². The summed E-state index contributed by atoms with van der Waals surface area (Å²) in [5, 5.41) is 3.22. The zero-order chi connectivity index (χ0) is 14.8. The van der Waals surface area contributed by atoms with Crippen molar-refractivity contribution in [1.82, 2.24) is 15.3 Å². The van der Waals surface area contributed by atoms with E-state index in [0.29, 0.717) is 22.6 Å². The molecule has 0 bridgehead atoms. The fourth-order valence-electron chi connectivity index (χ4n) is 2.11. The topological polar surface area (TPSA) is 77.8 Å². The zero-order valence-electron chi connectivity index (χ0n) is 10.9. The largest absolute Gasteiger partial charge is 0.348 e. The molecule has 0 saturated heterocycles. The zero-order valence-corrected chi connectivity index (χ0v) is 11.7. The maximum absolute atomic E-state index is 12.0. The third-order valence-electron chi connectivity index (χ3n) is 3.15. The number of amides is 1. The van der Waals surface area contributed by atoms with Gasteiger partial charge in [-0.15, -0.1) is 0 Å². The van der Waals surface area contributed by atoms with Crippen molar-refractivity contribution in [3.8, 4) is 0 Å². The Hall–Kier alpha value is -2.53. The van der Waals surface area contributed by atoms with E-state index >= 15 is 0 Å². The summed E-state index contributed by atoms with van der Waals surface area (Å²) in [5.41, 5.74) is 2.53. The third-order valence-corrected chi connectivity index (χ3v) is 3.48. The Labute approximate surface area is 125 Å². The average molecular weight is 302 g/mol. The van der Waals surface area contributed by atoms with Crippen LogP contribution in [0.3, 0.4) is 0 Å². The number of carbonyl (C=O) groups excluding carboxylic acids is 1. The first-order chi connectivity index (χ1) is 10.1. The first-order valence-electron chi connectivity index (χ1n) is 6.37. The summed E-state index contributed by atoms with van der Waals surface area (Å²) < 4.78 is 0. The molecule has 0 aliphatic rings. The number of benzene rings is 2. The highest BCUT2D eigenvalue weighted by molar-refractivity contribution is 6.33. The highest BCUT2D eigenvalue weighted by Crippen LogP contribution is 2.15. The summed E-state index contributed by atoms with van der Waals surface area (Å²) in [6, 6.07) is 12.3. The Kier molecular flexibility index (Phi) is 3.50. The van der Waals surface area contributed by atoms with Crippen LogP contribution in [-0.2, 0) is 6.54 Å². The Morgan fingerprint density at radius 1 is 1.10 bits per heavy atom. The molecule has 0 saturated carbocycles. The molecule has 5 nitrogen and oxygen atoms in total. The number of fused-ring (bicyclic) bond motifs is 1. The van der Waals surface area contributed by atoms with Crippen molar-refractivity contribution in [1.29, 1.82) is 0 Å². The molecular weight excluding hydrogens is 290 g/mol. The third kappa shape index (κ3) is 2.83. The second-order valence-corrected chi connectivity index (χ2v) is 5.03. The number of carbonyl (C=O) groups is 1. The number of imidazole rings is 1. The second kappa shape index (κ2) is 5.46. The number of rotatable bonds is 3. The van der Waals surface area contributed by atoms with Gasteiger partial charge < -0.3 is 15.3 Å². The van der Waals surface area contributed by atoms with Crippen LogP contribution in [0.1, 0.15) is 15.9 Å². The van der Waals surface area contributed by atoms with E-state index in [4.69, 9.17) is 11.6 Å². The van der Waals surface area contributed by atoms with Crippen LogP contribution in [0.2, 0.25) is 5.02 Å². The maximum atomic E-state index is 12.0. The maximum Gasteiger partial charge on any atom is 0.323 e. The molecule has 0 unspecified atom stereocenters. The van der Waals surface area contributed by atoms with Crippen LogP contribution in [0.5, 0.6) is 0 Å². The number of nitrogens with one attached hydrogen (secondary N) is 3. The fraction of sp³-hybridized carbons (Fsp3) is 0.0667. The number of hydrogen-bond donors (Lipinski definition) is 3. The quantitative estimate of drug-likeness (QED) is 0.695. The first-order valence-corrected chi connectivity index (χ1v) is 6.75. The van der Waals surface area contributed by atoms with Crippen LogP contribution in [0.15, 0.2) is 47.3 Å². The molecule has 0 radical (unpaired) electrons. The van der Waals surface area contributed by atoms with Crippen molar-refractivity contribution in [2.45, 2.75) is 6.54 Å². The molecule has 0 aliphatic carbocycles. The van der Waals surface area contributed by atoms with E-state index < -0.39 is 0 Å². The summed E-state index contributed by atoms with van der Waals surface area (Å²) in [6.45, 7) is 0.354. The standard InChI is InChI=1S/C15H12ClN3O2/c16-11-4-2-1-3-10(11)14(20)17-8-9-5-6-12-13(7-9)19-15(21)18-12/h1-7H,8H2,(H,17,20)(H2,18,19,21). The molecule has 3 aromatic rings. The summed E-state index contributed by atoms with van der Waals surface area (Å²) in [5.74, 6) is -0.233. The molecule has 0 aliphatic heterocycles. The van der Waals surface area contributed by atoms with E-state index in [0.717, 1.165) is 11.1 Å². The highest BCUT2D eigenvalue weighted by Gasteiger charge is 2.09. The summed E-state index contributed by atoms with van der Waals surface area (Å²) in [6.07, 6.45) is 0. The van der Waals surface area contributed by atoms with E-state index in [1.165, 1.54) is 0 Å². The molecule has 106 valence electrons. The lowest BCUT2D eigenvalue weighted by Crippen LogP contribution is -2.23. The molecular formula is C15H12ClN3O2. The lowest BCUT2D eigenvalue weighted by atomic mass is 10.1. The van der Waals surface area contributed by atoms with Crippen molar-refractivity contribution in [2.24, 2.45) is 0 Å². The molecule has 6 heteroatoms. The van der Waals surface area contributed by atoms with Gasteiger partial charge in [-0.3, -0.25) is 4.79 Å². The van der Waals surface area contributed by atoms with Crippen LogP contribution in [0, 0.1) is 0 Å². The minimum Gasteiger partial charge on any atom is -0.348 e. The van der Waals surface area contributed by atoms with Crippen LogP contribution in [-0.4, -0.2) is 15.9 Å². The first kappa shape index (κ1) is 13.5. The number of halogens is 1. The van der Waals surface area contributed by atoms with E-state index in [9.17, 15) is 9.59 Å². The van der Waals surface area contributed by atoms with Crippen LogP contribution < -0.4 is 11.0 Å². The monoisotopic (exact) mass is 301 g/mol. The summed E-state index contributed by atoms with van der Waals surface area (Å²) in [4.78, 5) is 28.6. The lowest BCUT2D eigenvalue weighted by Gasteiger charge is -2.06. The van der Waals surface area contributed by atoms with Gasteiger partial charge in [0.25, 0.3) is 5.91 Å². The summed E-state index contributed by atoms with van der Waals surface area (Å²) in [7, 11) is 0. The van der Waals surface area contributed by atoms with Crippen LogP contribution in [0.4, 0.5) is 0 Å². The number of hydrogen-bond acceptors (Lipinski definition) is 2. The Morgan fingerprint density at radius 2 is 1.86 bits per heavy atom. The van der Waals surface area contributed by atoms with Gasteiger partial charge in [-0.05, 0) is 29.8 Å². The predicted molar refractivity (Wildman–Crippen MR) is 81.5 cm³/mol. The molecule has 1 aromatic heterocycles. The highest BCUT2D eigenvalue weighted by atomic mass is 35.5. The molecule has 0 spiro atoms. The second-order valence-electron chi connectivity index (χ2n) is 4.62. The van der Waals surface area contributed by atoms with Crippen LogP contribution in [0.25, 0.3) is 11.0 Å². The van der Waals surface area contributed by atoms with Crippen molar-refractivity contribution in [2.75, 3.05) is 0 Å². The van der Waals surface area contributed by atoms with Gasteiger partial charge in [0.1, 0.15) is 0 Å². The minimum absolute atomic E-state index is 0.233. The number of aromatic nitrogens is 2. The fourth-order valence-corrected chi connectivity index (χ4v) is 2.33. The van der Waals surface area contributed by atoms with Gasteiger partial charge in [0, 0.05) is 6.54 Å². The molecule has 0 atom stereocenters. The van der Waals surface area contributed by atoms with Crippen molar-refractivity contribution < 1.29 is 4.79 Å².